The van der Waals surface area contributed by atoms with E-state index >= 15 is 0 Å². The van der Waals surface area contributed by atoms with Crippen LogP contribution in [0.15, 0.2) is 29.3 Å². The molecule has 1 aromatic rings. The first-order valence-electron chi connectivity index (χ1n) is 7.10. The molecule has 5 heteroatoms. The van der Waals surface area contributed by atoms with Gasteiger partial charge in [0.25, 0.3) is 0 Å². The summed E-state index contributed by atoms with van der Waals surface area (Å²) < 4.78 is 12.8. The molecule has 0 atom stereocenters. The third-order valence-electron chi connectivity index (χ3n) is 3.00. The van der Waals surface area contributed by atoms with Gasteiger partial charge in [-0.3, -0.25) is 0 Å². The fourth-order valence-electron chi connectivity index (χ4n) is 1.63. The molecule has 0 aliphatic rings. The molecular weight excluding hydrogens is 255 g/mol. The maximum Gasteiger partial charge on any atom is 0.191 e. The van der Waals surface area contributed by atoms with E-state index in [9.17, 15) is 4.39 Å². The number of likely N-dealkylation sites (N-methyl/N-ethyl adjacent to an activating group) is 1. The van der Waals surface area contributed by atoms with Gasteiger partial charge in [0.1, 0.15) is 5.82 Å². The highest BCUT2D eigenvalue weighted by atomic mass is 19.1. The highest BCUT2D eigenvalue weighted by Gasteiger charge is 1.99. The molecule has 4 nitrogen and oxygen atoms in total. The SMILES string of the molecule is CCNC(=NCc1ccc(F)cc1)NCCN(C)CC. The van der Waals surface area contributed by atoms with Crippen LogP contribution >= 0.6 is 0 Å². The molecule has 0 radical (unpaired) electrons. The van der Waals surface area contributed by atoms with Crippen LogP contribution in [0.2, 0.25) is 0 Å². The number of hydrogen-bond acceptors (Lipinski definition) is 2. The summed E-state index contributed by atoms with van der Waals surface area (Å²) in [6, 6.07) is 6.43. The highest BCUT2D eigenvalue weighted by Crippen LogP contribution is 2.03. The van der Waals surface area contributed by atoms with Gasteiger partial charge in [0.2, 0.25) is 0 Å². The zero-order valence-electron chi connectivity index (χ0n) is 12.6. The number of halogens is 1. The zero-order valence-corrected chi connectivity index (χ0v) is 12.6. The molecule has 0 amide bonds. The Labute approximate surface area is 121 Å². The van der Waals surface area contributed by atoms with Gasteiger partial charge in [-0.15, -0.1) is 0 Å². The lowest BCUT2D eigenvalue weighted by atomic mass is 10.2. The Morgan fingerprint density at radius 1 is 1.20 bits per heavy atom. The second-order valence-corrected chi connectivity index (χ2v) is 4.64. The number of aliphatic imine (C=N–C) groups is 1. The van der Waals surface area contributed by atoms with Gasteiger partial charge >= 0.3 is 0 Å². The lowest BCUT2D eigenvalue weighted by molar-refractivity contribution is 0.357. The van der Waals surface area contributed by atoms with E-state index in [1.807, 2.05) is 6.92 Å². The second kappa shape index (κ2) is 9.31. The Balaban J connectivity index is 2.47. The Bertz CT molecular complexity index is 403. The van der Waals surface area contributed by atoms with Gasteiger partial charge in [-0.1, -0.05) is 19.1 Å². The average molecular weight is 280 g/mol. The van der Waals surface area contributed by atoms with Crippen LogP contribution in [0.4, 0.5) is 4.39 Å². The first-order valence-corrected chi connectivity index (χ1v) is 7.10. The molecular formula is C15H25FN4. The summed E-state index contributed by atoms with van der Waals surface area (Å²) in [6.07, 6.45) is 0. The van der Waals surface area contributed by atoms with Crippen molar-refractivity contribution >= 4 is 5.96 Å². The fraction of sp³-hybridized carbons (Fsp3) is 0.533. The molecule has 0 saturated carbocycles. The normalized spacial score (nSPS) is 11.8. The molecule has 2 N–H and O–H groups in total. The molecule has 0 aromatic heterocycles. The van der Waals surface area contributed by atoms with E-state index < -0.39 is 0 Å². The van der Waals surface area contributed by atoms with Crippen LogP contribution in [0.1, 0.15) is 19.4 Å². The van der Waals surface area contributed by atoms with E-state index in [0.717, 1.165) is 37.7 Å². The minimum atomic E-state index is -0.217. The summed E-state index contributed by atoms with van der Waals surface area (Å²) in [5.74, 6) is 0.576. The topological polar surface area (TPSA) is 39.7 Å². The maximum absolute atomic E-state index is 12.8. The van der Waals surface area contributed by atoms with E-state index in [1.54, 1.807) is 12.1 Å². The van der Waals surface area contributed by atoms with Crippen molar-refractivity contribution in [2.75, 3.05) is 33.2 Å². The molecule has 0 spiro atoms. The molecule has 0 bridgehead atoms. The van der Waals surface area contributed by atoms with Crippen molar-refractivity contribution in [2.24, 2.45) is 4.99 Å². The van der Waals surface area contributed by atoms with Crippen molar-refractivity contribution in [2.45, 2.75) is 20.4 Å². The van der Waals surface area contributed by atoms with Gasteiger partial charge in [0.05, 0.1) is 6.54 Å². The van der Waals surface area contributed by atoms with Crippen LogP contribution in [-0.2, 0) is 6.54 Å². The largest absolute Gasteiger partial charge is 0.357 e. The van der Waals surface area contributed by atoms with Crippen molar-refractivity contribution in [1.82, 2.24) is 15.5 Å². The highest BCUT2D eigenvalue weighted by molar-refractivity contribution is 5.79. The monoisotopic (exact) mass is 280 g/mol. The van der Waals surface area contributed by atoms with Crippen molar-refractivity contribution in [3.63, 3.8) is 0 Å². The third kappa shape index (κ3) is 6.52. The number of benzene rings is 1. The third-order valence-corrected chi connectivity index (χ3v) is 3.00. The standard InChI is InChI=1S/C15H25FN4/c1-4-17-15(18-10-11-20(3)5-2)19-12-13-6-8-14(16)9-7-13/h6-9H,4-5,10-12H2,1-3H3,(H2,17,18,19). The predicted octanol–water partition coefficient (Wildman–Crippen LogP) is 1.83. The van der Waals surface area contributed by atoms with E-state index in [0.29, 0.717) is 6.54 Å². The molecule has 0 aliphatic heterocycles. The van der Waals surface area contributed by atoms with Crippen molar-refractivity contribution in [1.29, 1.82) is 0 Å². The van der Waals surface area contributed by atoms with E-state index in [-0.39, 0.29) is 5.82 Å². The van der Waals surface area contributed by atoms with Crippen LogP contribution in [0, 0.1) is 5.82 Å². The van der Waals surface area contributed by atoms with Crippen LogP contribution in [-0.4, -0.2) is 44.1 Å². The molecule has 0 unspecified atom stereocenters. The van der Waals surface area contributed by atoms with Crippen molar-refractivity contribution < 1.29 is 4.39 Å². The molecule has 1 aromatic carbocycles. The van der Waals surface area contributed by atoms with Crippen molar-refractivity contribution in [3.8, 4) is 0 Å². The smallest absolute Gasteiger partial charge is 0.191 e. The first-order chi connectivity index (χ1) is 9.65. The van der Waals surface area contributed by atoms with Gasteiger partial charge in [-0.25, -0.2) is 9.38 Å². The quantitative estimate of drug-likeness (QED) is 0.591. The van der Waals surface area contributed by atoms with Crippen LogP contribution < -0.4 is 10.6 Å². The lowest BCUT2D eigenvalue weighted by Crippen LogP contribution is -2.40. The fourth-order valence-corrected chi connectivity index (χ4v) is 1.63. The Kier molecular flexibility index (Phi) is 7.65. The molecule has 0 fully saturated rings. The van der Waals surface area contributed by atoms with Gasteiger partial charge in [-0.2, -0.15) is 0 Å². The van der Waals surface area contributed by atoms with E-state index in [1.165, 1.54) is 12.1 Å². The molecule has 1 rings (SSSR count). The second-order valence-electron chi connectivity index (χ2n) is 4.64. The summed E-state index contributed by atoms with van der Waals surface area (Å²) in [4.78, 5) is 6.72. The van der Waals surface area contributed by atoms with E-state index in [4.69, 9.17) is 0 Å². The number of rotatable bonds is 7. The minimum absolute atomic E-state index is 0.217. The Morgan fingerprint density at radius 3 is 2.50 bits per heavy atom. The molecule has 0 saturated heterocycles. The zero-order chi connectivity index (χ0) is 14.8. The molecule has 112 valence electrons. The minimum Gasteiger partial charge on any atom is -0.357 e. The average Bonchev–Trinajstić information content (AvgIpc) is 2.46. The summed E-state index contributed by atoms with van der Waals surface area (Å²) in [5.41, 5.74) is 0.995. The van der Waals surface area contributed by atoms with Crippen LogP contribution in [0.3, 0.4) is 0 Å². The lowest BCUT2D eigenvalue weighted by Gasteiger charge is -2.16. The first kappa shape index (κ1) is 16.4. The number of nitrogens with one attached hydrogen (secondary N) is 2. The van der Waals surface area contributed by atoms with Crippen molar-refractivity contribution in [3.05, 3.63) is 35.6 Å². The van der Waals surface area contributed by atoms with Gasteiger partial charge < -0.3 is 15.5 Å². The molecule has 20 heavy (non-hydrogen) atoms. The maximum atomic E-state index is 12.8. The molecule has 0 heterocycles. The van der Waals surface area contributed by atoms with E-state index in [2.05, 4.69) is 34.5 Å². The summed E-state index contributed by atoms with van der Waals surface area (Å²) >= 11 is 0. The Morgan fingerprint density at radius 2 is 1.90 bits per heavy atom. The van der Waals surface area contributed by atoms with Gasteiger partial charge in [0, 0.05) is 19.6 Å². The summed E-state index contributed by atoms with van der Waals surface area (Å²) in [7, 11) is 2.09. The number of guanidine groups is 1. The number of nitrogens with zero attached hydrogens (tertiary/aromatic N) is 2. The summed E-state index contributed by atoms with van der Waals surface area (Å²) in [6.45, 7) is 8.38. The Hall–Kier alpha value is -1.62. The molecule has 0 aliphatic carbocycles. The van der Waals surface area contributed by atoms with Crippen LogP contribution in [0.25, 0.3) is 0 Å². The van der Waals surface area contributed by atoms with Crippen LogP contribution in [0.5, 0.6) is 0 Å². The number of hydrogen-bond donors (Lipinski definition) is 2. The predicted molar refractivity (Wildman–Crippen MR) is 82.4 cm³/mol. The van der Waals surface area contributed by atoms with Gasteiger partial charge in [0.15, 0.2) is 5.96 Å². The summed E-state index contributed by atoms with van der Waals surface area (Å²) in [5, 5.41) is 6.49. The van der Waals surface area contributed by atoms with Gasteiger partial charge in [-0.05, 0) is 38.2 Å².